The smallest absolute Gasteiger partial charge is 0.191 e. The Balaban J connectivity index is 1.79. The standard InChI is InChI=1S/C20H31N5O2/c1-5-21-20(22-11-8-12-25-15-16(2)13-24-25)23-14-17(3)27-19-10-7-6-9-18(19)26-4/h6-7,9-10,13,15,17H,5,8,11-12,14H2,1-4H3,(H2,21,22,23). The molecule has 0 aliphatic carbocycles. The highest BCUT2D eigenvalue weighted by Gasteiger charge is 2.08. The van der Waals surface area contributed by atoms with Gasteiger partial charge in [0.1, 0.15) is 6.10 Å². The molecule has 0 fully saturated rings. The number of guanidine groups is 1. The van der Waals surface area contributed by atoms with E-state index in [0.717, 1.165) is 43.5 Å². The summed E-state index contributed by atoms with van der Waals surface area (Å²) in [6, 6.07) is 7.64. The van der Waals surface area contributed by atoms with Crippen LogP contribution in [0.25, 0.3) is 0 Å². The van der Waals surface area contributed by atoms with E-state index in [4.69, 9.17) is 9.47 Å². The molecule has 0 bridgehead atoms. The van der Waals surface area contributed by atoms with Crippen LogP contribution >= 0.6 is 0 Å². The van der Waals surface area contributed by atoms with Crippen LogP contribution in [0.2, 0.25) is 0 Å². The van der Waals surface area contributed by atoms with E-state index in [1.165, 1.54) is 5.56 Å². The molecule has 0 aliphatic heterocycles. The first-order valence-electron chi connectivity index (χ1n) is 9.43. The second-order valence-corrected chi connectivity index (χ2v) is 6.36. The number of methoxy groups -OCH3 is 1. The van der Waals surface area contributed by atoms with Crippen molar-refractivity contribution in [3.05, 3.63) is 42.2 Å². The maximum absolute atomic E-state index is 5.95. The van der Waals surface area contributed by atoms with Crippen LogP contribution in [-0.2, 0) is 6.54 Å². The zero-order chi connectivity index (χ0) is 19.5. The molecule has 7 nitrogen and oxygen atoms in total. The average Bonchev–Trinajstić information content (AvgIpc) is 3.08. The van der Waals surface area contributed by atoms with Crippen LogP contribution in [0.3, 0.4) is 0 Å². The van der Waals surface area contributed by atoms with Gasteiger partial charge in [-0.05, 0) is 44.9 Å². The molecule has 2 N–H and O–H groups in total. The Morgan fingerprint density at radius 3 is 2.70 bits per heavy atom. The summed E-state index contributed by atoms with van der Waals surface area (Å²) in [5.41, 5.74) is 1.18. The van der Waals surface area contributed by atoms with Gasteiger partial charge in [-0.15, -0.1) is 0 Å². The fourth-order valence-electron chi connectivity index (χ4n) is 2.57. The van der Waals surface area contributed by atoms with Crippen LogP contribution in [0.5, 0.6) is 11.5 Å². The van der Waals surface area contributed by atoms with Gasteiger partial charge in [0.05, 0.1) is 19.9 Å². The molecule has 0 amide bonds. The maximum Gasteiger partial charge on any atom is 0.191 e. The highest BCUT2D eigenvalue weighted by molar-refractivity contribution is 5.79. The second-order valence-electron chi connectivity index (χ2n) is 6.36. The van der Waals surface area contributed by atoms with Crippen molar-refractivity contribution < 1.29 is 9.47 Å². The normalized spacial score (nSPS) is 12.5. The predicted molar refractivity (Wildman–Crippen MR) is 109 cm³/mol. The van der Waals surface area contributed by atoms with Crippen molar-refractivity contribution in [1.82, 2.24) is 20.4 Å². The highest BCUT2D eigenvalue weighted by Crippen LogP contribution is 2.26. The summed E-state index contributed by atoms with van der Waals surface area (Å²) >= 11 is 0. The van der Waals surface area contributed by atoms with Gasteiger partial charge in [0.15, 0.2) is 17.5 Å². The Bertz CT molecular complexity index is 714. The van der Waals surface area contributed by atoms with Crippen molar-refractivity contribution in [1.29, 1.82) is 0 Å². The minimum Gasteiger partial charge on any atom is -0.493 e. The first-order chi connectivity index (χ1) is 13.1. The number of hydrogen-bond donors (Lipinski definition) is 2. The predicted octanol–water partition coefficient (Wildman–Crippen LogP) is 2.61. The summed E-state index contributed by atoms with van der Waals surface area (Å²) in [4.78, 5) is 4.62. The minimum atomic E-state index is -0.0659. The number of aliphatic imine (C=N–C) groups is 1. The van der Waals surface area contributed by atoms with E-state index in [9.17, 15) is 0 Å². The monoisotopic (exact) mass is 373 g/mol. The van der Waals surface area contributed by atoms with Crippen molar-refractivity contribution in [3.8, 4) is 11.5 Å². The van der Waals surface area contributed by atoms with Crippen molar-refractivity contribution in [3.63, 3.8) is 0 Å². The summed E-state index contributed by atoms with van der Waals surface area (Å²) in [5.74, 6) is 2.26. The highest BCUT2D eigenvalue weighted by atomic mass is 16.5. The van der Waals surface area contributed by atoms with Gasteiger partial charge in [-0.25, -0.2) is 4.99 Å². The number of benzene rings is 1. The lowest BCUT2D eigenvalue weighted by molar-refractivity contribution is 0.219. The van der Waals surface area contributed by atoms with Crippen molar-refractivity contribution in [2.24, 2.45) is 4.99 Å². The van der Waals surface area contributed by atoms with Crippen LogP contribution in [0.1, 0.15) is 25.8 Å². The van der Waals surface area contributed by atoms with Gasteiger partial charge in [0.25, 0.3) is 0 Å². The summed E-state index contributed by atoms with van der Waals surface area (Å²) < 4.78 is 13.2. The van der Waals surface area contributed by atoms with E-state index < -0.39 is 0 Å². The zero-order valence-electron chi connectivity index (χ0n) is 16.7. The SMILES string of the molecule is CCNC(=NCC(C)Oc1ccccc1OC)NCCCn1cc(C)cn1. The van der Waals surface area contributed by atoms with E-state index in [2.05, 4.69) is 33.8 Å². The molecule has 1 heterocycles. The van der Waals surface area contributed by atoms with Crippen LogP contribution < -0.4 is 20.1 Å². The van der Waals surface area contributed by atoms with Gasteiger partial charge in [0, 0.05) is 25.8 Å². The van der Waals surface area contributed by atoms with Gasteiger partial charge in [-0.2, -0.15) is 5.10 Å². The third-order valence-electron chi connectivity index (χ3n) is 3.87. The lowest BCUT2D eigenvalue weighted by Gasteiger charge is -2.16. The fraction of sp³-hybridized carbons (Fsp3) is 0.500. The van der Waals surface area contributed by atoms with E-state index >= 15 is 0 Å². The molecule has 2 aromatic rings. The third kappa shape index (κ3) is 7.21. The second kappa shape index (κ2) is 11.1. The summed E-state index contributed by atoms with van der Waals surface area (Å²) in [6.45, 7) is 9.17. The van der Waals surface area contributed by atoms with Crippen LogP contribution in [0.15, 0.2) is 41.7 Å². The molecule has 1 unspecified atom stereocenters. The first-order valence-corrected chi connectivity index (χ1v) is 9.43. The molecule has 0 spiro atoms. The number of para-hydroxylation sites is 2. The number of aryl methyl sites for hydroxylation is 2. The number of nitrogens with one attached hydrogen (secondary N) is 2. The molecule has 7 heteroatoms. The van der Waals surface area contributed by atoms with Gasteiger partial charge in [-0.1, -0.05) is 12.1 Å². The molecule has 148 valence electrons. The molecule has 2 rings (SSSR count). The van der Waals surface area contributed by atoms with Gasteiger partial charge in [0.2, 0.25) is 0 Å². The summed E-state index contributed by atoms with van der Waals surface area (Å²) in [7, 11) is 1.64. The molecule has 0 aliphatic rings. The average molecular weight is 374 g/mol. The lowest BCUT2D eigenvalue weighted by Crippen LogP contribution is -2.38. The Morgan fingerprint density at radius 1 is 1.26 bits per heavy atom. The van der Waals surface area contributed by atoms with Crippen molar-refractivity contribution in [2.75, 3.05) is 26.7 Å². The number of rotatable bonds is 10. The van der Waals surface area contributed by atoms with Crippen molar-refractivity contribution >= 4 is 5.96 Å². The fourth-order valence-corrected chi connectivity index (χ4v) is 2.57. The van der Waals surface area contributed by atoms with Crippen LogP contribution in [0, 0.1) is 6.92 Å². The van der Waals surface area contributed by atoms with Gasteiger partial charge in [-0.3, -0.25) is 4.68 Å². The number of aromatic nitrogens is 2. The lowest BCUT2D eigenvalue weighted by atomic mass is 10.3. The van der Waals surface area contributed by atoms with E-state index in [0.29, 0.717) is 6.54 Å². The van der Waals surface area contributed by atoms with Gasteiger partial charge < -0.3 is 20.1 Å². The zero-order valence-corrected chi connectivity index (χ0v) is 16.7. The molecule has 1 atom stereocenters. The van der Waals surface area contributed by atoms with Gasteiger partial charge >= 0.3 is 0 Å². The molecule has 0 radical (unpaired) electrons. The number of hydrogen-bond acceptors (Lipinski definition) is 4. The van der Waals surface area contributed by atoms with Crippen LogP contribution in [-0.4, -0.2) is 48.6 Å². The van der Waals surface area contributed by atoms with E-state index in [1.807, 2.05) is 49.0 Å². The Morgan fingerprint density at radius 2 is 2.04 bits per heavy atom. The molecular weight excluding hydrogens is 342 g/mol. The minimum absolute atomic E-state index is 0.0659. The van der Waals surface area contributed by atoms with Crippen LogP contribution in [0.4, 0.5) is 0 Å². The number of ether oxygens (including phenoxy) is 2. The largest absolute Gasteiger partial charge is 0.493 e. The molecular formula is C20H31N5O2. The third-order valence-corrected chi connectivity index (χ3v) is 3.87. The molecule has 0 saturated carbocycles. The maximum atomic E-state index is 5.95. The van der Waals surface area contributed by atoms with E-state index in [-0.39, 0.29) is 6.10 Å². The molecule has 0 saturated heterocycles. The molecule has 1 aromatic carbocycles. The molecule has 27 heavy (non-hydrogen) atoms. The quantitative estimate of drug-likeness (QED) is 0.380. The Labute approximate surface area is 161 Å². The number of nitrogens with zero attached hydrogens (tertiary/aromatic N) is 3. The Hall–Kier alpha value is -2.70. The summed E-state index contributed by atoms with van der Waals surface area (Å²) in [5, 5.41) is 10.9. The summed E-state index contributed by atoms with van der Waals surface area (Å²) in [6.07, 6.45) is 4.83. The molecule has 1 aromatic heterocycles. The van der Waals surface area contributed by atoms with E-state index in [1.54, 1.807) is 7.11 Å². The van der Waals surface area contributed by atoms with Crippen molar-refractivity contribution in [2.45, 2.75) is 39.8 Å². The topological polar surface area (TPSA) is 72.7 Å². The Kier molecular flexibility index (Phi) is 8.48. The first kappa shape index (κ1) is 20.6.